The fourth-order valence-corrected chi connectivity index (χ4v) is 3.58. The highest BCUT2D eigenvalue weighted by Gasteiger charge is 2.32. The maximum atomic E-state index is 11.7. The summed E-state index contributed by atoms with van der Waals surface area (Å²) in [5, 5.41) is 13.9. The number of hydrogen-bond acceptors (Lipinski definition) is 7. The van der Waals surface area contributed by atoms with Crippen molar-refractivity contribution in [1.82, 2.24) is 15.3 Å². The Morgan fingerprint density at radius 2 is 1.96 bits per heavy atom. The molecule has 0 aliphatic heterocycles. The lowest BCUT2D eigenvalue weighted by molar-refractivity contribution is -0.384. The van der Waals surface area contributed by atoms with Gasteiger partial charge in [0.15, 0.2) is 0 Å². The Bertz CT molecular complexity index is 1180. The molecule has 1 atom stereocenters. The van der Waals surface area contributed by atoms with Crippen LogP contribution in [0.2, 0.25) is 0 Å². The van der Waals surface area contributed by atoms with E-state index in [1.54, 1.807) is 0 Å². The molecule has 28 heavy (non-hydrogen) atoms. The van der Waals surface area contributed by atoms with E-state index in [0.717, 1.165) is 6.07 Å². The molecule has 0 fully saturated rings. The molecule has 0 spiro atoms. The van der Waals surface area contributed by atoms with Gasteiger partial charge in [-0.2, -0.15) is 0 Å². The van der Waals surface area contributed by atoms with E-state index < -0.39 is 29.3 Å². The molecule has 0 aliphatic rings. The Morgan fingerprint density at radius 1 is 1.25 bits per heavy atom. The van der Waals surface area contributed by atoms with Gasteiger partial charge in [0.25, 0.3) is 5.69 Å². The van der Waals surface area contributed by atoms with Crippen molar-refractivity contribution in [3.05, 3.63) is 72.7 Å². The SMILES string of the molecule is O=c1[nH]c2cc([N+](=O)[O-])cc(CNCC(c3ccco3)P(=O)(O)O)c2[nH]c1=O. The van der Waals surface area contributed by atoms with Gasteiger partial charge in [-0.1, -0.05) is 0 Å². The van der Waals surface area contributed by atoms with Crippen LogP contribution in [0.4, 0.5) is 5.69 Å². The number of aromatic nitrogens is 2. The van der Waals surface area contributed by atoms with Crippen LogP contribution in [0.1, 0.15) is 17.0 Å². The Morgan fingerprint density at radius 3 is 2.57 bits per heavy atom. The number of H-pyrrole nitrogens is 2. The summed E-state index contributed by atoms with van der Waals surface area (Å²) >= 11 is 0. The zero-order chi connectivity index (χ0) is 20.5. The topological polar surface area (TPSA) is 192 Å². The molecular formula is C15H15N4O8P. The van der Waals surface area contributed by atoms with Crippen molar-refractivity contribution in [2.75, 3.05) is 6.54 Å². The van der Waals surface area contributed by atoms with Gasteiger partial charge < -0.3 is 29.5 Å². The smallest absolute Gasteiger partial charge is 0.337 e. The standard InChI is InChI=1S/C15H15N4O8P/c20-14-15(21)18-13-8(4-9(19(22)23)5-10(13)17-14)6-16-7-12(28(24,25)26)11-2-1-3-27-11/h1-5,12,16H,6-7H2,(H,17,20)(H,18,21)(H2,24,25,26). The predicted octanol–water partition coefficient (Wildman–Crippen LogP) is 0.726. The summed E-state index contributed by atoms with van der Waals surface area (Å²) in [4.78, 5) is 57.3. The van der Waals surface area contributed by atoms with E-state index in [0.29, 0.717) is 0 Å². The molecule has 1 aromatic carbocycles. The summed E-state index contributed by atoms with van der Waals surface area (Å²) in [5.74, 6) is 0.0856. The van der Waals surface area contributed by atoms with E-state index in [1.807, 2.05) is 0 Å². The van der Waals surface area contributed by atoms with Gasteiger partial charge in [0.05, 0.1) is 22.2 Å². The molecule has 0 saturated carbocycles. The van der Waals surface area contributed by atoms with Crippen LogP contribution < -0.4 is 16.4 Å². The lowest BCUT2D eigenvalue weighted by atomic mass is 10.1. The lowest BCUT2D eigenvalue weighted by Crippen LogP contribution is -2.29. The van der Waals surface area contributed by atoms with Gasteiger partial charge in [0.1, 0.15) is 11.4 Å². The molecule has 3 aromatic rings. The quantitative estimate of drug-likeness (QED) is 0.162. The number of furan rings is 1. The Hall–Kier alpha value is -3.05. The van der Waals surface area contributed by atoms with Crippen molar-refractivity contribution < 1.29 is 23.7 Å². The first-order valence-electron chi connectivity index (χ1n) is 7.90. The number of fused-ring (bicyclic) bond motifs is 1. The molecule has 0 amide bonds. The van der Waals surface area contributed by atoms with Crippen LogP contribution in [0.3, 0.4) is 0 Å². The monoisotopic (exact) mass is 410 g/mol. The first-order valence-corrected chi connectivity index (χ1v) is 9.58. The first-order chi connectivity index (χ1) is 13.2. The van der Waals surface area contributed by atoms with Gasteiger partial charge >= 0.3 is 18.7 Å². The molecule has 2 heterocycles. The van der Waals surface area contributed by atoms with Gasteiger partial charge in [0.2, 0.25) is 0 Å². The van der Waals surface area contributed by atoms with Gasteiger partial charge in [-0.15, -0.1) is 0 Å². The number of nitro groups is 1. The first kappa shape index (κ1) is 19.7. The van der Waals surface area contributed by atoms with Crippen molar-refractivity contribution in [3.63, 3.8) is 0 Å². The third kappa shape index (κ3) is 4.10. The number of aromatic amines is 2. The zero-order valence-electron chi connectivity index (χ0n) is 14.1. The van der Waals surface area contributed by atoms with Crippen LogP contribution in [0.15, 0.2) is 44.5 Å². The molecule has 3 rings (SSSR count). The van der Waals surface area contributed by atoms with E-state index in [2.05, 4.69) is 15.3 Å². The highest BCUT2D eigenvalue weighted by Crippen LogP contribution is 2.51. The number of non-ortho nitro benzene ring substituents is 1. The third-order valence-electron chi connectivity index (χ3n) is 4.04. The molecule has 13 heteroatoms. The molecule has 5 N–H and O–H groups in total. The normalized spacial score (nSPS) is 12.9. The third-order valence-corrected chi connectivity index (χ3v) is 5.29. The minimum atomic E-state index is -4.54. The second-order valence-electron chi connectivity index (χ2n) is 5.94. The number of benzene rings is 1. The fraction of sp³-hybridized carbons (Fsp3) is 0.200. The van der Waals surface area contributed by atoms with Crippen LogP contribution in [0, 0.1) is 10.1 Å². The molecule has 148 valence electrons. The van der Waals surface area contributed by atoms with E-state index in [-0.39, 0.29) is 41.1 Å². The zero-order valence-corrected chi connectivity index (χ0v) is 15.0. The fourth-order valence-electron chi connectivity index (χ4n) is 2.74. The number of nitrogens with zero attached hydrogens (tertiary/aromatic N) is 1. The van der Waals surface area contributed by atoms with Gasteiger partial charge in [-0.3, -0.25) is 24.3 Å². The van der Waals surface area contributed by atoms with Crippen LogP contribution in [0.25, 0.3) is 11.0 Å². The number of nitro benzene ring substituents is 1. The Kier molecular flexibility index (Phi) is 5.29. The minimum Gasteiger partial charge on any atom is -0.468 e. The van der Waals surface area contributed by atoms with Crippen molar-refractivity contribution in [3.8, 4) is 0 Å². The average Bonchev–Trinajstić information content (AvgIpc) is 3.12. The van der Waals surface area contributed by atoms with E-state index in [4.69, 9.17) is 4.42 Å². The maximum Gasteiger partial charge on any atom is 0.337 e. The highest BCUT2D eigenvalue weighted by atomic mass is 31.2. The molecular weight excluding hydrogens is 395 g/mol. The second kappa shape index (κ2) is 7.52. The van der Waals surface area contributed by atoms with Gasteiger partial charge in [-0.25, -0.2) is 0 Å². The van der Waals surface area contributed by atoms with E-state index in [9.17, 15) is 34.1 Å². The lowest BCUT2D eigenvalue weighted by Gasteiger charge is -2.17. The van der Waals surface area contributed by atoms with Gasteiger partial charge in [-0.05, 0) is 17.7 Å². The van der Waals surface area contributed by atoms with Gasteiger partial charge in [0, 0.05) is 25.2 Å². The van der Waals surface area contributed by atoms with E-state index in [1.165, 1.54) is 24.5 Å². The molecule has 12 nitrogen and oxygen atoms in total. The highest BCUT2D eigenvalue weighted by molar-refractivity contribution is 7.52. The van der Waals surface area contributed by atoms with Crippen LogP contribution >= 0.6 is 7.60 Å². The molecule has 0 radical (unpaired) electrons. The molecule has 1 unspecified atom stereocenters. The summed E-state index contributed by atoms with van der Waals surface area (Å²) in [6.07, 6.45) is 1.28. The van der Waals surface area contributed by atoms with Crippen LogP contribution in [0.5, 0.6) is 0 Å². The molecule has 2 aromatic heterocycles. The average molecular weight is 410 g/mol. The number of nitrogens with one attached hydrogen (secondary N) is 3. The van der Waals surface area contributed by atoms with Crippen molar-refractivity contribution in [1.29, 1.82) is 0 Å². The number of rotatable bonds is 7. The van der Waals surface area contributed by atoms with Crippen LogP contribution in [-0.2, 0) is 11.1 Å². The Balaban J connectivity index is 1.92. The van der Waals surface area contributed by atoms with Crippen molar-refractivity contribution in [2.45, 2.75) is 12.2 Å². The molecule has 0 aliphatic carbocycles. The second-order valence-corrected chi connectivity index (χ2v) is 7.75. The summed E-state index contributed by atoms with van der Waals surface area (Å²) in [5.41, 5.74) is -2.95. The minimum absolute atomic E-state index is 0.0631. The summed E-state index contributed by atoms with van der Waals surface area (Å²) in [6, 6.07) is 5.23. The Labute approximate surface area is 155 Å². The summed E-state index contributed by atoms with van der Waals surface area (Å²) in [7, 11) is -4.54. The predicted molar refractivity (Wildman–Crippen MR) is 97.0 cm³/mol. The van der Waals surface area contributed by atoms with Crippen molar-refractivity contribution >= 4 is 24.3 Å². The van der Waals surface area contributed by atoms with E-state index >= 15 is 0 Å². The number of hydrogen-bond donors (Lipinski definition) is 5. The van der Waals surface area contributed by atoms with Crippen molar-refractivity contribution in [2.24, 2.45) is 0 Å². The largest absolute Gasteiger partial charge is 0.468 e. The summed E-state index contributed by atoms with van der Waals surface area (Å²) in [6.45, 7) is -0.271. The molecule has 0 saturated heterocycles. The maximum absolute atomic E-state index is 11.7. The summed E-state index contributed by atoms with van der Waals surface area (Å²) < 4.78 is 16.8. The molecule has 0 bridgehead atoms. The van der Waals surface area contributed by atoms with Crippen LogP contribution in [-0.4, -0.2) is 31.2 Å².